The molecule has 2 heterocycles. The number of primary amides is 1. The van der Waals surface area contributed by atoms with Gasteiger partial charge in [0.25, 0.3) is 5.95 Å². The van der Waals surface area contributed by atoms with Crippen molar-refractivity contribution in [2.24, 2.45) is 11.1 Å². The van der Waals surface area contributed by atoms with Crippen LogP contribution in [0.25, 0.3) is 5.95 Å². The molecule has 21 heavy (non-hydrogen) atoms. The monoisotopic (exact) mass is 291 g/mol. The first kappa shape index (κ1) is 14.6. The molecule has 4 N–H and O–H groups in total. The zero-order chi connectivity index (χ0) is 15.5. The van der Waals surface area contributed by atoms with Crippen molar-refractivity contribution in [2.75, 3.05) is 24.2 Å². The number of carbonyl (C=O) groups excluding carboxylic acids is 1. The lowest BCUT2D eigenvalue weighted by Gasteiger charge is -2.20. The fourth-order valence-electron chi connectivity index (χ4n) is 1.36. The zero-order valence-corrected chi connectivity index (χ0v) is 12.0. The second-order valence-electron chi connectivity index (χ2n) is 4.97. The van der Waals surface area contributed by atoms with Crippen molar-refractivity contribution >= 4 is 17.8 Å². The average molecular weight is 291 g/mol. The van der Waals surface area contributed by atoms with Gasteiger partial charge in [0.15, 0.2) is 0 Å². The fourth-order valence-corrected chi connectivity index (χ4v) is 1.36. The van der Waals surface area contributed by atoms with Gasteiger partial charge in [-0.2, -0.15) is 24.7 Å². The van der Waals surface area contributed by atoms with E-state index in [0.717, 1.165) is 0 Å². The molecule has 0 spiro atoms. The fraction of sp³-hybridized carbons (Fsp3) is 0.455. The van der Waals surface area contributed by atoms with Crippen LogP contribution in [0.15, 0.2) is 12.7 Å². The Morgan fingerprint density at radius 2 is 2.05 bits per heavy atom. The molecular formula is C11H17N9O. The van der Waals surface area contributed by atoms with Crippen molar-refractivity contribution in [1.82, 2.24) is 29.7 Å². The van der Waals surface area contributed by atoms with Gasteiger partial charge in [-0.1, -0.05) is 0 Å². The van der Waals surface area contributed by atoms with Crippen LogP contribution >= 0.6 is 0 Å². The molecule has 2 rings (SSSR count). The smallest absolute Gasteiger partial charge is 0.258 e. The van der Waals surface area contributed by atoms with Gasteiger partial charge in [-0.05, 0) is 13.8 Å². The van der Waals surface area contributed by atoms with Crippen molar-refractivity contribution in [1.29, 1.82) is 0 Å². The Bertz CT molecular complexity index is 623. The minimum atomic E-state index is -0.722. The molecule has 2 aromatic heterocycles. The Labute approximate surface area is 121 Å². The summed E-state index contributed by atoms with van der Waals surface area (Å²) in [6.07, 6.45) is 2.86. The molecule has 10 nitrogen and oxygen atoms in total. The summed E-state index contributed by atoms with van der Waals surface area (Å²) in [6, 6.07) is 0. The highest BCUT2D eigenvalue weighted by Crippen LogP contribution is 2.15. The van der Waals surface area contributed by atoms with E-state index in [1.54, 1.807) is 20.9 Å². The van der Waals surface area contributed by atoms with Gasteiger partial charge < -0.3 is 16.4 Å². The van der Waals surface area contributed by atoms with Gasteiger partial charge in [-0.15, -0.1) is 0 Å². The van der Waals surface area contributed by atoms with Crippen LogP contribution in [-0.4, -0.2) is 49.2 Å². The summed E-state index contributed by atoms with van der Waals surface area (Å²) in [6.45, 7) is 3.77. The maximum Gasteiger partial charge on any atom is 0.258 e. The van der Waals surface area contributed by atoms with Gasteiger partial charge in [-0.25, -0.2) is 4.98 Å². The largest absolute Gasteiger partial charge is 0.369 e. The van der Waals surface area contributed by atoms with Gasteiger partial charge in [0, 0.05) is 13.6 Å². The van der Waals surface area contributed by atoms with Crippen LogP contribution < -0.4 is 16.4 Å². The molecule has 2 aromatic rings. The Kier molecular flexibility index (Phi) is 3.96. The number of nitrogens with one attached hydrogen (secondary N) is 2. The summed E-state index contributed by atoms with van der Waals surface area (Å²) in [4.78, 5) is 27.7. The first-order valence-electron chi connectivity index (χ1n) is 6.25. The molecule has 0 fully saturated rings. The summed E-state index contributed by atoms with van der Waals surface area (Å²) in [5.74, 6) is 0.588. The predicted molar refractivity (Wildman–Crippen MR) is 75.8 cm³/mol. The SMILES string of the molecule is CNc1nc(NCC(C)(C)C(N)=O)nc(-n2cncn2)n1. The van der Waals surface area contributed by atoms with Crippen LogP contribution in [0.2, 0.25) is 0 Å². The Balaban J connectivity index is 2.24. The third-order valence-electron chi connectivity index (χ3n) is 2.83. The van der Waals surface area contributed by atoms with Crippen LogP contribution in [0.3, 0.4) is 0 Å². The zero-order valence-electron chi connectivity index (χ0n) is 12.0. The highest BCUT2D eigenvalue weighted by atomic mass is 16.1. The summed E-state index contributed by atoms with van der Waals surface area (Å²) in [7, 11) is 1.69. The topological polar surface area (TPSA) is 137 Å². The van der Waals surface area contributed by atoms with Gasteiger partial charge >= 0.3 is 0 Å². The highest BCUT2D eigenvalue weighted by molar-refractivity contribution is 5.80. The van der Waals surface area contributed by atoms with Gasteiger partial charge in [0.2, 0.25) is 17.8 Å². The van der Waals surface area contributed by atoms with E-state index >= 15 is 0 Å². The number of anilines is 2. The number of nitrogens with zero attached hydrogens (tertiary/aromatic N) is 6. The summed E-state index contributed by atoms with van der Waals surface area (Å²) >= 11 is 0. The van der Waals surface area contributed by atoms with Crippen LogP contribution in [0.5, 0.6) is 0 Å². The van der Waals surface area contributed by atoms with Crippen LogP contribution in [-0.2, 0) is 4.79 Å². The van der Waals surface area contributed by atoms with E-state index in [2.05, 4.69) is 35.7 Å². The Hall–Kier alpha value is -2.78. The maximum absolute atomic E-state index is 11.3. The lowest BCUT2D eigenvalue weighted by atomic mass is 9.93. The van der Waals surface area contributed by atoms with E-state index in [1.165, 1.54) is 17.3 Å². The molecule has 0 aromatic carbocycles. The number of rotatable bonds is 6. The van der Waals surface area contributed by atoms with E-state index < -0.39 is 11.3 Å². The minimum Gasteiger partial charge on any atom is -0.369 e. The molecule has 1 amide bonds. The minimum absolute atomic E-state index is 0.298. The first-order valence-corrected chi connectivity index (χ1v) is 6.25. The van der Waals surface area contributed by atoms with E-state index in [4.69, 9.17) is 5.73 Å². The van der Waals surface area contributed by atoms with Crippen molar-refractivity contribution in [3.05, 3.63) is 12.7 Å². The van der Waals surface area contributed by atoms with E-state index in [1.807, 2.05) is 0 Å². The third-order valence-corrected chi connectivity index (χ3v) is 2.83. The molecule has 0 unspecified atom stereocenters. The van der Waals surface area contributed by atoms with Crippen molar-refractivity contribution < 1.29 is 4.79 Å². The summed E-state index contributed by atoms with van der Waals surface area (Å²) in [5, 5.41) is 9.78. The molecule has 112 valence electrons. The quantitative estimate of drug-likeness (QED) is 0.642. The molecule has 0 bridgehead atoms. The summed E-state index contributed by atoms with van der Waals surface area (Å²) in [5.41, 5.74) is 4.61. The van der Waals surface area contributed by atoms with Gasteiger partial charge in [-0.3, -0.25) is 4.79 Å². The molecule has 0 radical (unpaired) electrons. The normalized spacial score (nSPS) is 11.2. The second kappa shape index (κ2) is 5.69. The predicted octanol–water partition coefficient (Wildman–Crippen LogP) is -0.583. The van der Waals surface area contributed by atoms with E-state index in [0.29, 0.717) is 24.4 Å². The summed E-state index contributed by atoms with van der Waals surface area (Å²) < 4.78 is 1.41. The van der Waals surface area contributed by atoms with Crippen LogP contribution in [0.1, 0.15) is 13.8 Å². The Morgan fingerprint density at radius 3 is 2.62 bits per heavy atom. The van der Waals surface area contributed by atoms with E-state index in [9.17, 15) is 4.79 Å². The number of amides is 1. The standard InChI is InChI=1S/C11H17N9O/c1-11(2,7(12)21)4-15-9-17-8(13-3)18-10(19-9)20-6-14-5-16-20/h5-6H,4H2,1-3H3,(H2,12,21)(H2,13,15,17,18,19). The lowest BCUT2D eigenvalue weighted by Crippen LogP contribution is -2.37. The van der Waals surface area contributed by atoms with Crippen LogP contribution in [0.4, 0.5) is 11.9 Å². The number of hydrogen-bond acceptors (Lipinski definition) is 8. The number of aromatic nitrogens is 6. The molecule has 0 aliphatic carbocycles. The molecule has 10 heteroatoms. The Morgan fingerprint density at radius 1 is 1.33 bits per heavy atom. The molecule has 0 saturated carbocycles. The maximum atomic E-state index is 11.3. The lowest BCUT2D eigenvalue weighted by molar-refractivity contribution is -0.125. The molecular weight excluding hydrogens is 274 g/mol. The highest BCUT2D eigenvalue weighted by Gasteiger charge is 2.25. The van der Waals surface area contributed by atoms with Gasteiger partial charge in [0.1, 0.15) is 12.7 Å². The molecule has 0 aliphatic heterocycles. The van der Waals surface area contributed by atoms with Crippen LogP contribution in [0, 0.1) is 5.41 Å². The number of carbonyl (C=O) groups is 1. The number of nitrogens with two attached hydrogens (primary N) is 1. The average Bonchev–Trinajstić information content (AvgIpc) is 2.99. The first-order chi connectivity index (χ1) is 9.92. The van der Waals surface area contributed by atoms with Crippen molar-refractivity contribution in [3.63, 3.8) is 0 Å². The van der Waals surface area contributed by atoms with E-state index in [-0.39, 0.29) is 0 Å². The number of hydrogen-bond donors (Lipinski definition) is 3. The van der Waals surface area contributed by atoms with Crippen molar-refractivity contribution in [3.8, 4) is 5.95 Å². The van der Waals surface area contributed by atoms with Gasteiger partial charge in [0.05, 0.1) is 5.41 Å². The van der Waals surface area contributed by atoms with Crippen molar-refractivity contribution in [2.45, 2.75) is 13.8 Å². The molecule has 0 saturated heterocycles. The second-order valence-corrected chi connectivity index (χ2v) is 4.97. The molecule has 0 aliphatic rings. The third kappa shape index (κ3) is 3.41. The molecule has 0 atom stereocenters.